The van der Waals surface area contributed by atoms with Crippen LogP contribution in [0, 0.1) is 12.8 Å². The molecule has 0 saturated carbocycles. The van der Waals surface area contributed by atoms with Gasteiger partial charge in [0.1, 0.15) is 7.05 Å². The summed E-state index contributed by atoms with van der Waals surface area (Å²) in [6.45, 7) is 21.2. The summed E-state index contributed by atoms with van der Waals surface area (Å²) in [6.07, 6.45) is 3.55. The molecule has 2 rings (SSSR count). The summed E-state index contributed by atoms with van der Waals surface area (Å²) >= 11 is 0. The van der Waals surface area contributed by atoms with Gasteiger partial charge >= 0.3 is 0 Å². The number of rotatable bonds is 4. The molecule has 0 aliphatic carbocycles. The number of benzene rings is 1. The largest absolute Gasteiger partial charge is 0.212 e. The second-order valence-corrected chi connectivity index (χ2v) is 15.4. The molecule has 142 valence electrons. The smallest absolute Gasteiger partial charge is 0.201 e. The SMILES string of the molecule is Cc1ccc(CC(C)C)cc1-c1cc(C(C)(C)C)c([Si](C)(C)C)c[n+]1C. The van der Waals surface area contributed by atoms with Crippen molar-refractivity contribution in [1.82, 2.24) is 0 Å². The Morgan fingerprint density at radius 2 is 1.65 bits per heavy atom. The number of pyridine rings is 1. The standard InChI is InChI=1S/C24H38NSi/c1-17(2)13-19-12-11-18(3)20(14-19)22-15-21(24(4,5)6)23(16-25(22)7)26(8,9)10/h11-12,14-17H,13H2,1-10H3/q+1. The van der Waals surface area contributed by atoms with Crippen LogP contribution in [-0.2, 0) is 18.9 Å². The summed E-state index contributed by atoms with van der Waals surface area (Å²) in [7, 11) is 0.798. The topological polar surface area (TPSA) is 3.88 Å². The van der Waals surface area contributed by atoms with E-state index in [9.17, 15) is 0 Å². The van der Waals surface area contributed by atoms with Gasteiger partial charge in [-0.05, 0) is 47.4 Å². The molecular weight excluding hydrogens is 330 g/mol. The quantitative estimate of drug-likeness (QED) is 0.493. The average molecular weight is 369 g/mol. The van der Waals surface area contributed by atoms with Crippen molar-refractivity contribution < 1.29 is 4.57 Å². The van der Waals surface area contributed by atoms with Crippen LogP contribution in [0.1, 0.15) is 51.3 Å². The van der Waals surface area contributed by atoms with E-state index in [1.54, 1.807) is 5.19 Å². The molecule has 2 heteroatoms. The minimum Gasteiger partial charge on any atom is -0.201 e. The van der Waals surface area contributed by atoms with Crippen LogP contribution in [0.4, 0.5) is 0 Å². The zero-order valence-electron chi connectivity index (χ0n) is 18.6. The van der Waals surface area contributed by atoms with Crippen molar-refractivity contribution in [2.24, 2.45) is 13.0 Å². The Balaban J connectivity index is 2.72. The van der Waals surface area contributed by atoms with Gasteiger partial charge in [-0.2, -0.15) is 0 Å². The first-order valence-electron chi connectivity index (χ1n) is 9.95. The lowest BCUT2D eigenvalue weighted by atomic mass is 9.86. The second kappa shape index (κ2) is 7.30. The molecule has 1 aromatic heterocycles. The molecule has 26 heavy (non-hydrogen) atoms. The summed E-state index contributed by atoms with van der Waals surface area (Å²) in [5.74, 6) is 0.679. The van der Waals surface area contributed by atoms with E-state index in [4.69, 9.17) is 0 Å². The van der Waals surface area contributed by atoms with E-state index in [0.717, 1.165) is 6.42 Å². The summed E-state index contributed by atoms with van der Waals surface area (Å²) in [5.41, 5.74) is 7.17. The van der Waals surface area contributed by atoms with Crippen LogP contribution in [0.2, 0.25) is 19.6 Å². The van der Waals surface area contributed by atoms with Crippen LogP contribution in [0.5, 0.6) is 0 Å². The fourth-order valence-electron chi connectivity index (χ4n) is 3.68. The van der Waals surface area contributed by atoms with Crippen molar-refractivity contribution in [2.75, 3.05) is 0 Å². The third kappa shape index (κ3) is 4.65. The first-order chi connectivity index (χ1) is 11.8. The zero-order valence-corrected chi connectivity index (χ0v) is 19.6. The first-order valence-corrected chi connectivity index (χ1v) is 13.4. The van der Waals surface area contributed by atoms with Gasteiger partial charge in [0, 0.05) is 16.8 Å². The third-order valence-corrected chi connectivity index (χ3v) is 7.13. The molecule has 0 N–H and O–H groups in total. The molecule has 0 radical (unpaired) electrons. The summed E-state index contributed by atoms with van der Waals surface area (Å²) in [4.78, 5) is 0. The van der Waals surface area contributed by atoms with E-state index in [1.807, 2.05) is 0 Å². The van der Waals surface area contributed by atoms with Crippen molar-refractivity contribution in [3.63, 3.8) is 0 Å². The van der Waals surface area contributed by atoms with Gasteiger partial charge in [-0.1, -0.05) is 66.4 Å². The van der Waals surface area contributed by atoms with Gasteiger partial charge in [-0.15, -0.1) is 0 Å². The Hall–Kier alpha value is -1.41. The summed E-state index contributed by atoms with van der Waals surface area (Å²) in [5, 5.41) is 1.58. The van der Waals surface area contributed by atoms with Crippen LogP contribution >= 0.6 is 0 Å². The van der Waals surface area contributed by atoms with E-state index in [0.29, 0.717) is 5.92 Å². The molecule has 0 aliphatic heterocycles. The highest BCUT2D eigenvalue weighted by Gasteiger charge is 2.31. The molecule has 0 bridgehead atoms. The van der Waals surface area contributed by atoms with E-state index < -0.39 is 8.07 Å². The van der Waals surface area contributed by atoms with Crippen LogP contribution in [0.25, 0.3) is 11.3 Å². The third-order valence-electron chi connectivity index (χ3n) is 5.11. The molecule has 0 spiro atoms. The second-order valence-electron chi connectivity index (χ2n) is 10.3. The van der Waals surface area contributed by atoms with Gasteiger partial charge < -0.3 is 0 Å². The Bertz CT molecular complexity index is 789. The van der Waals surface area contributed by atoms with Gasteiger partial charge in [0.15, 0.2) is 6.20 Å². The Kier molecular flexibility index (Phi) is 5.87. The van der Waals surface area contributed by atoms with Crippen molar-refractivity contribution in [3.8, 4) is 11.3 Å². The highest BCUT2D eigenvalue weighted by molar-refractivity contribution is 6.89. The van der Waals surface area contributed by atoms with E-state index in [2.05, 4.69) is 103 Å². The van der Waals surface area contributed by atoms with Crippen molar-refractivity contribution in [2.45, 2.75) is 73.0 Å². The highest BCUT2D eigenvalue weighted by Crippen LogP contribution is 2.28. The van der Waals surface area contributed by atoms with E-state index in [1.165, 1.54) is 27.9 Å². The number of hydrogen-bond acceptors (Lipinski definition) is 0. The molecule has 0 fully saturated rings. The van der Waals surface area contributed by atoms with Crippen LogP contribution in [-0.4, -0.2) is 8.07 Å². The lowest BCUT2D eigenvalue weighted by Gasteiger charge is -2.28. The number of aryl methyl sites for hydroxylation is 2. The molecular formula is C24H38NSi+. The summed E-state index contributed by atoms with van der Waals surface area (Å²) in [6, 6.07) is 9.45. The first kappa shape index (κ1) is 20.9. The molecule has 0 saturated heterocycles. The molecule has 0 unspecified atom stereocenters. The maximum absolute atomic E-state index is 2.47. The highest BCUT2D eigenvalue weighted by atomic mass is 28.3. The predicted octanol–water partition coefficient (Wildman–Crippen LogP) is 5.53. The minimum absolute atomic E-state index is 0.155. The zero-order chi connectivity index (χ0) is 19.9. The van der Waals surface area contributed by atoms with Gasteiger partial charge in [0.05, 0.1) is 8.07 Å². The molecule has 1 nitrogen and oxygen atoms in total. The maximum Gasteiger partial charge on any atom is 0.212 e. The normalized spacial score (nSPS) is 12.7. The molecule has 2 aromatic rings. The van der Waals surface area contributed by atoms with Crippen molar-refractivity contribution in [3.05, 3.63) is 47.2 Å². The van der Waals surface area contributed by atoms with Crippen molar-refractivity contribution in [1.29, 1.82) is 0 Å². The van der Waals surface area contributed by atoms with Crippen molar-refractivity contribution >= 4 is 13.3 Å². The summed E-state index contributed by atoms with van der Waals surface area (Å²) < 4.78 is 2.35. The number of nitrogens with zero attached hydrogens (tertiary/aromatic N) is 1. The maximum atomic E-state index is 2.47. The van der Waals surface area contributed by atoms with Gasteiger partial charge in [-0.25, -0.2) is 4.57 Å². The van der Waals surface area contributed by atoms with Crippen LogP contribution < -0.4 is 9.75 Å². The lowest BCUT2D eigenvalue weighted by Crippen LogP contribution is -2.49. The Morgan fingerprint density at radius 3 is 2.15 bits per heavy atom. The predicted molar refractivity (Wildman–Crippen MR) is 118 cm³/mol. The van der Waals surface area contributed by atoms with E-state index in [-0.39, 0.29) is 5.41 Å². The average Bonchev–Trinajstić information content (AvgIpc) is 2.46. The van der Waals surface area contributed by atoms with E-state index >= 15 is 0 Å². The Labute approximate surface area is 162 Å². The van der Waals surface area contributed by atoms with Crippen LogP contribution in [0.3, 0.4) is 0 Å². The Morgan fingerprint density at radius 1 is 1.04 bits per heavy atom. The van der Waals surface area contributed by atoms with Gasteiger partial charge in [-0.3, -0.25) is 0 Å². The fraction of sp³-hybridized carbons (Fsp3) is 0.542. The van der Waals surface area contributed by atoms with Crippen LogP contribution in [0.15, 0.2) is 30.5 Å². The van der Waals surface area contributed by atoms with Gasteiger partial charge in [0.2, 0.25) is 5.69 Å². The molecule has 0 aliphatic rings. The van der Waals surface area contributed by atoms with Gasteiger partial charge in [0.25, 0.3) is 0 Å². The molecule has 0 atom stereocenters. The lowest BCUT2D eigenvalue weighted by molar-refractivity contribution is -0.659. The minimum atomic E-state index is -1.41. The monoisotopic (exact) mass is 368 g/mol. The molecule has 0 amide bonds. The molecule has 1 aromatic carbocycles. The fourth-order valence-corrected chi connectivity index (χ4v) is 5.51. The number of aromatic nitrogens is 1. The number of hydrogen-bond donors (Lipinski definition) is 0. The molecule has 1 heterocycles.